The minimum atomic E-state index is -0.493. The molecule has 168 valence electrons. The lowest BCUT2D eigenvalue weighted by molar-refractivity contribution is 0.0913. The van der Waals surface area contributed by atoms with Gasteiger partial charge in [0.05, 0.1) is 16.8 Å². The Morgan fingerprint density at radius 3 is 2.55 bits per heavy atom. The molecule has 1 amide bonds. The summed E-state index contributed by atoms with van der Waals surface area (Å²) in [5.41, 5.74) is 4.22. The monoisotopic (exact) mass is 438 g/mol. The topological polar surface area (TPSA) is 59.0 Å². The second-order valence-corrected chi connectivity index (χ2v) is 9.40. The van der Waals surface area contributed by atoms with Crippen molar-refractivity contribution in [2.45, 2.75) is 38.1 Å². The molecule has 0 aliphatic carbocycles. The van der Waals surface area contributed by atoms with Crippen LogP contribution in [0.25, 0.3) is 16.6 Å². The maximum atomic E-state index is 13.2. The second kappa shape index (κ2) is 8.83. The highest BCUT2D eigenvalue weighted by atomic mass is 16.1. The van der Waals surface area contributed by atoms with Crippen molar-refractivity contribution >= 4 is 16.8 Å². The fourth-order valence-corrected chi connectivity index (χ4v) is 4.67. The minimum Gasteiger partial charge on any atom is -0.343 e. The van der Waals surface area contributed by atoms with Crippen LogP contribution >= 0.6 is 0 Å². The van der Waals surface area contributed by atoms with E-state index in [9.17, 15) is 4.79 Å². The van der Waals surface area contributed by atoms with Crippen molar-refractivity contribution in [3.63, 3.8) is 0 Å². The molecular formula is C28H30N4O. The fourth-order valence-electron chi connectivity index (χ4n) is 4.67. The lowest BCUT2D eigenvalue weighted by atomic mass is 9.92. The van der Waals surface area contributed by atoms with Crippen LogP contribution in [0.3, 0.4) is 0 Å². The Labute approximate surface area is 194 Å². The van der Waals surface area contributed by atoms with Gasteiger partial charge < -0.3 is 10.6 Å². The summed E-state index contributed by atoms with van der Waals surface area (Å²) in [5.74, 6) is 0.451. The van der Waals surface area contributed by atoms with Crippen molar-refractivity contribution in [1.82, 2.24) is 20.4 Å². The van der Waals surface area contributed by atoms with E-state index < -0.39 is 5.54 Å². The minimum absolute atomic E-state index is 0.125. The predicted octanol–water partition coefficient (Wildman–Crippen LogP) is 5.16. The molecule has 3 aromatic carbocycles. The van der Waals surface area contributed by atoms with Crippen molar-refractivity contribution in [2.75, 3.05) is 13.1 Å². The van der Waals surface area contributed by atoms with Crippen molar-refractivity contribution < 1.29 is 4.79 Å². The summed E-state index contributed by atoms with van der Waals surface area (Å²) < 4.78 is 1.87. The zero-order valence-electron chi connectivity index (χ0n) is 19.2. The fraction of sp³-hybridized carbons (Fsp3) is 0.286. The summed E-state index contributed by atoms with van der Waals surface area (Å²) in [7, 11) is 0. The lowest BCUT2D eigenvalue weighted by Gasteiger charge is -2.27. The van der Waals surface area contributed by atoms with Crippen LogP contribution in [-0.2, 0) is 5.54 Å². The number of hydrogen-bond donors (Lipinski definition) is 2. The van der Waals surface area contributed by atoms with Crippen molar-refractivity contribution in [3.8, 4) is 5.69 Å². The third-order valence-electron chi connectivity index (χ3n) is 6.63. The van der Waals surface area contributed by atoms with E-state index in [1.807, 2.05) is 73.3 Å². The van der Waals surface area contributed by atoms with Crippen LogP contribution in [0.1, 0.15) is 54.1 Å². The summed E-state index contributed by atoms with van der Waals surface area (Å²) in [5, 5.41) is 12.4. The van der Waals surface area contributed by atoms with Gasteiger partial charge in [-0.2, -0.15) is 5.10 Å². The van der Waals surface area contributed by atoms with E-state index in [1.165, 1.54) is 18.4 Å². The highest BCUT2D eigenvalue weighted by molar-refractivity contribution is 6.05. The number of nitrogens with one attached hydrogen (secondary N) is 2. The van der Waals surface area contributed by atoms with Crippen LogP contribution < -0.4 is 10.6 Å². The molecule has 0 spiro atoms. The molecule has 1 aliphatic heterocycles. The van der Waals surface area contributed by atoms with Gasteiger partial charge in [-0.3, -0.25) is 4.79 Å². The van der Waals surface area contributed by atoms with Gasteiger partial charge in [0.25, 0.3) is 5.91 Å². The molecular weight excluding hydrogens is 408 g/mol. The van der Waals surface area contributed by atoms with Crippen LogP contribution in [0.2, 0.25) is 0 Å². The van der Waals surface area contributed by atoms with E-state index in [1.54, 1.807) is 0 Å². The number of carbonyl (C=O) groups excluding carboxylic acids is 1. The Balaban J connectivity index is 1.41. The van der Waals surface area contributed by atoms with Gasteiger partial charge in [-0.1, -0.05) is 54.6 Å². The third-order valence-corrected chi connectivity index (χ3v) is 6.63. The van der Waals surface area contributed by atoms with Gasteiger partial charge in [-0.05, 0) is 68.5 Å². The SMILES string of the molecule is CC(C)(NC(=O)c1cccc2cn(-c3ccc([C@@H]4CCCNC4)cc3)nc12)c1ccccc1. The molecule has 1 fully saturated rings. The molecule has 1 aliphatic rings. The summed E-state index contributed by atoms with van der Waals surface area (Å²) >= 11 is 0. The van der Waals surface area contributed by atoms with E-state index in [0.717, 1.165) is 29.7 Å². The highest BCUT2D eigenvalue weighted by Gasteiger charge is 2.25. The molecule has 5 rings (SSSR count). The second-order valence-electron chi connectivity index (χ2n) is 9.40. The van der Waals surface area contributed by atoms with E-state index in [0.29, 0.717) is 17.0 Å². The summed E-state index contributed by atoms with van der Waals surface area (Å²) in [6, 6.07) is 24.4. The number of carbonyl (C=O) groups is 1. The van der Waals surface area contributed by atoms with Crippen LogP contribution in [0, 0.1) is 0 Å². The lowest BCUT2D eigenvalue weighted by Crippen LogP contribution is -2.41. The summed E-state index contributed by atoms with van der Waals surface area (Å²) in [6.45, 7) is 6.19. The van der Waals surface area contributed by atoms with E-state index >= 15 is 0 Å². The molecule has 0 unspecified atom stereocenters. The number of nitrogens with zero attached hydrogens (tertiary/aromatic N) is 2. The van der Waals surface area contributed by atoms with Crippen LogP contribution in [0.5, 0.6) is 0 Å². The first-order chi connectivity index (χ1) is 16.0. The molecule has 1 saturated heterocycles. The van der Waals surface area contributed by atoms with Crippen LogP contribution in [-0.4, -0.2) is 28.8 Å². The first-order valence-electron chi connectivity index (χ1n) is 11.7. The Kier molecular flexibility index (Phi) is 5.73. The van der Waals surface area contributed by atoms with Crippen molar-refractivity contribution in [3.05, 3.63) is 95.7 Å². The number of rotatable bonds is 5. The number of piperidine rings is 1. The van der Waals surface area contributed by atoms with Gasteiger partial charge in [0.15, 0.2) is 0 Å². The van der Waals surface area contributed by atoms with Gasteiger partial charge in [0, 0.05) is 18.1 Å². The molecule has 5 heteroatoms. The van der Waals surface area contributed by atoms with Gasteiger partial charge in [-0.25, -0.2) is 4.68 Å². The zero-order valence-corrected chi connectivity index (χ0v) is 19.2. The smallest absolute Gasteiger partial charge is 0.254 e. The van der Waals surface area contributed by atoms with Crippen molar-refractivity contribution in [2.24, 2.45) is 0 Å². The number of benzene rings is 3. The largest absolute Gasteiger partial charge is 0.343 e. The van der Waals surface area contributed by atoms with Gasteiger partial charge in [0.2, 0.25) is 0 Å². The Morgan fingerprint density at radius 2 is 1.82 bits per heavy atom. The molecule has 33 heavy (non-hydrogen) atoms. The molecule has 1 aromatic heterocycles. The maximum Gasteiger partial charge on any atom is 0.254 e. The first kappa shape index (κ1) is 21.4. The average Bonchev–Trinajstić information content (AvgIpc) is 3.29. The van der Waals surface area contributed by atoms with Gasteiger partial charge >= 0.3 is 0 Å². The number of hydrogen-bond acceptors (Lipinski definition) is 3. The molecule has 4 aromatic rings. The van der Waals surface area contributed by atoms with E-state index in [4.69, 9.17) is 5.10 Å². The van der Waals surface area contributed by atoms with E-state index in [-0.39, 0.29) is 5.91 Å². The molecule has 5 nitrogen and oxygen atoms in total. The van der Waals surface area contributed by atoms with E-state index in [2.05, 4.69) is 34.9 Å². The Bertz CT molecular complexity index is 1250. The Morgan fingerprint density at radius 1 is 1.03 bits per heavy atom. The van der Waals surface area contributed by atoms with Gasteiger partial charge in [0.1, 0.15) is 5.52 Å². The predicted molar refractivity (Wildman–Crippen MR) is 133 cm³/mol. The molecule has 0 bridgehead atoms. The zero-order chi connectivity index (χ0) is 22.8. The average molecular weight is 439 g/mol. The molecule has 2 N–H and O–H groups in total. The molecule has 0 radical (unpaired) electrons. The number of fused-ring (bicyclic) bond motifs is 1. The van der Waals surface area contributed by atoms with Gasteiger partial charge in [-0.15, -0.1) is 0 Å². The number of aromatic nitrogens is 2. The molecule has 1 atom stereocenters. The summed E-state index contributed by atoms with van der Waals surface area (Å²) in [4.78, 5) is 13.2. The van der Waals surface area contributed by atoms with Crippen LogP contribution in [0.15, 0.2) is 79.0 Å². The first-order valence-corrected chi connectivity index (χ1v) is 11.7. The van der Waals surface area contributed by atoms with Crippen molar-refractivity contribution in [1.29, 1.82) is 0 Å². The quantitative estimate of drug-likeness (QED) is 0.453. The number of amides is 1. The highest BCUT2D eigenvalue weighted by Crippen LogP contribution is 2.26. The maximum absolute atomic E-state index is 13.2. The third kappa shape index (κ3) is 4.41. The standard InChI is InChI=1S/C28H30N4O/c1-28(2,23-10-4-3-5-11-23)30-27(33)25-12-6-8-22-19-32(31-26(22)25)24-15-13-20(14-16-24)21-9-7-17-29-18-21/h3-6,8,10-16,19,21,29H,7,9,17-18H2,1-2H3,(H,30,33)/t21-/m1/s1. The molecule has 2 heterocycles. The Hall–Kier alpha value is -3.44. The normalized spacial score (nSPS) is 16.6. The van der Waals surface area contributed by atoms with Crippen LogP contribution in [0.4, 0.5) is 0 Å². The molecule has 0 saturated carbocycles. The summed E-state index contributed by atoms with van der Waals surface area (Å²) in [6.07, 6.45) is 4.45.